The number of hydrogen-bond donors (Lipinski definition) is 2. The van der Waals surface area contributed by atoms with Crippen molar-refractivity contribution in [2.75, 3.05) is 12.3 Å². The van der Waals surface area contributed by atoms with Crippen LogP contribution in [0.25, 0.3) is 0 Å². The van der Waals surface area contributed by atoms with Gasteiger partial charge in [0.1, 0.15) is 17.0 Å². The van der Waals surface area contributed by atoms with Crippen molar-refractivity contribution in [2.24, 2.45) is 11.7 Å². The van der Waals surface area contributed by atoms with Crippen molar-refractivity contribution in [1.29, 1.82) is 0 Å². The fourth-order valence-corrected chi connectivity index (χ4v) is 0.983. The minimum Gasteiger partial charge on any atom is -0.330 e. The molecular formula is C4H9NO3S. The number of nitrogens with two attached hydrogens (primary N) is 1. The minimum atomic E-state index is -2.46. The fraction of sp³-hybridized carbons (Fsp3) is 0.750. The zero-order chi connectivity index (χ0) is 7.28. The van der Waals surface area contributed by atoms with E-state index >= 15 is 0 Å². The Hall–Kier alpha value is -0.420. The number of thiol groups is 1. The number of carbonyl (C=O) groups excluding carboxylic acids is 1. The highest BCUT2D eigenvalue weighted by atomic mass is 32.2. The number of aldehydes is 1. The smallest absolute Gasteiger partial charge is 0.140 e. The summed E-state index contributed by atoms with van der Waals surface area (Å²) in [5, 5.41) is 0. The average molecular weight is 151 g/mol. The molecule has 54 valence electrons. The molecule has 5 heteroatoms. The van der Waals surface area contributed by atoms with Crippen LogP contribution < -0.4 is 5.73 Å². The van der Waals surface area contributed by atoms with Gasteiger partial charge in [0.05, 0.1) is 5.75 Å². The van der Waals surface area contributed by atoms with Gasteiger partial charge in [-0.1, -0.05) is 0 Å². The molecule has 0 aliphatic rings. The molecule has 0 aromatic rings. The molecule has 2 N–H and O–H groups in total. The van der Waals surface area contributed by atoms with Crippen LogP contribution in [0.2, 0.25) is 0 Å². The third-order valence-corrected chi connectivity index (χ3v) is 1.65. The summed E-state index contributed by atoms with van der Waals surface area (Å²) in [4.78, 5) is 9.92. The first-order valence-corrected chi connectivity index (χ1v) is 3.84. The maximum Gasteiger partial charge on any atom is 0.140 e. The van der Waals surface area contributed by atoms with Gasteiger partial charge in [-0.25, -0.2) is 8.42 Å². The largest absolute Gasteiger partial charge is 0.330 e. The Balaban J connectivity index is 3.69. The highest BCUT2D eigenvalue weighted by Gasteiger charge is 2.04. The van der Waals surface area contributed by atoms with Crippen LogP contribution in [0.3, 0.4) is 0 Å². The van der Waals surface area contributed by atoms with Crippen molar-refractivity contribution in [3.8, 4) is 0 Å². The lowest BCUT2D eigenvalue weighted by Gasteiger charge is -1.97. The van der Waals surface area contributed by atoms with Gasteiger partial charge in [0.2, 0.25) is 0 Å². The maximum atomic E-state index is 9.95. The summed E-state index contributed by atoms with van der Waals surface area (Å²) >= 11 is 0. The Kier molecular flexibility index (Phi) is 4.25. The Morgan fingerprint density at radius 3 is 2.22 bits per heavy atom. The van der Waals surface area contributed by atoms with Gasteiger partial charge in [0.25, 0.3) is 0 Å². The minimum absolute atomic E-state index is 0.104. The number of rotatable bonds is 4. The summed E-state index contributed by atoms with van der Waals surface area (Å²) in [5.74, 6) is -0.652. The number of hydrogen-bond acceptors (Lipinski definition) is 4. The molecule has 9 heavy (non-hydrogen) atoms. The van der Waals surface area contributed by atoms with Crippen LogP contribution in [-0.2, 0) is 15.5 Å². The summed E-state index contributed by atoms with van der Waals surface area (Å²) < 4.78 is 19.9. The first kappa shape index (κ1) is 8.58. The van der Waals surface area contributed by atoms with E-state index in [4.69, 9.17) is 5.73 Å². The predicted octanol–water partition coefficient (Wildman–Crippen LogP) is -1.63. The Morgan fingerprint density at radius 2 is 2.11 bits per heavy atom. The normalized spacial score (nSPS) is 13.6. The van der Waals surface area contributed by atoms with Gasteiger partial charge in [-0.3, -0.25) is 0 Å². The van der Waals surface area contributed by atoms with Crippen molar-refractivity contribution in [2.45, 2.75) is 0 Å². The molecule has 4 nitrogen and oxygen atoms in total. The molecule has 0 rings (SSSR count). The molecule has 0 bridgehead atoms. The van der Waals surface area contributed by atoms with Crippen LogP contribution in [-0.4, -0.2) is 27.0 Å². The van der Waals surface area contributed by atoms with E-state index in [1.54, 1.807) is 0 Å². The highest BCUT2D eigenvalue weighted by molar-refractivity contribution is 7.72. The molecule has 1 atom stereocenters. The third-order valence-electron chi connectivity index (χ3n) is 0.879. The standard InChI is InChI=1S/C4H9NO3S/c5-1-4(2-6)3-9(7)8/h2,4,9H,1,3,5H2. The lowest BCUT2D eigenvalue weighted by atomic mass is 10.2. The maximum absolute atomic E-state index is 9.95. The van der Waals surface area contributed by atoms with Crippen LogP contribution in [0, 0.1) is 5.92 Å². The second-order valence-electron chi connectivity index (χ2n) is 1.65. The third kappa shape index (κ3) is 4.11. The van der Waals surface area contributed by atoms with E-state index in [0.717, 1.165) is 0 Å². The summed E-state index contributed by atoms with van der Waals surface area (Å²) in [5.41, 5.74) is 5.03. The van der Waals surface area contributed by atoms with E-state index in [2.05, 4.69) is 0 Å². The SMILES string of the molecule is NCC(C=O)C[SH](=O)=O. The molecule has 0 aliphatic heterocycles. The van der Waals surface area contributed by atoms with Crippen LogP contribution in [0.5, 0.6) is 0 Å². The van der Waals surface area contributed by atoms with Crippen LogP contribution in [0.4, 0.5) is 0 Å². The Bertz CT molecular complexity index is 146. The first-order valence-electron chi connectivity index (χ1n) is 2.48. The fourth-order valence-electron chi connectivity index (χ4n) is 0.365. The summed E-state index contributed by atoms with van der Waals surface area (Å²) in [6, 6.07) is 0. The molecule has 0 spiro atoms. The molecule has 0 aromatic carbocycles. The second-order valence-corrected chi connectivity index (χ2v) is 2.68. The summed E-state index contributed by atoms with van der Waals surface area (Å²) in [6.45, 7) is 0.104. The summed E-state index contributed by atoms with van der Waals surface area (Å²) in [6.07, 6.45) is 0.561. The molecule has 0 heterocycles. The van der Waals surface area contributed by atoms with Crippen molar-refractivity contribution in [3.05, 3.63) is 0 Å². The first-order chi connectivity index (χ1) is 4.20. The van der Waals surface area contributed by atoms with Gasteiger partial charge < -0.3 is 10.5 Å². The topological polar surface area (TPSA) is 77.2 Å². The van der Waals surface area contributed by atoms with Crippen molar-refractivity contribution >= 4 is 17.0 Å². The number of carbonyl (C=O) groups is 1. The quantitative estimate of drug-likeness (QED) is 0.373. The van der Waals surface area contributed by atoms with E-state index in [1.165, 1.54) is 0 Å². The monoisotopic (exact) mass is 151 g/mol. The van der Waals surface area contributed by atoms with Gasteiger partial charge in [0, 0.05) is 12.5 Å². The van der Waals surface area contributed by atoms with Crippen LogP contribution >= 0.6 is 0 Å². The molecule has 0 aliphatic carbocycles. The second kappa shape index (κ2) is 4.46. The van der Waals surface area contributed by atoms with Gasteiger partial charge in [-0.15, -0.1) is 0 Å². The molecule has 1 unspecified atom stereocenters. The van der Waals surface area contributed by atoms with Crippen LogP contribution in [0.15, 0.2) is 0 Å². The molecule has 0 amide bonds. The van der Waals surface area contributed by atoms with Crippen molar-refractivity contribution in [3.63, 3.8) is 0 Å². The van der Waals surface area contributed by atoms with Gasteiger partial charge in [0.15, 0.2) is 0 Å². The zero-order valence-corrected chi connectivity index (χ0v) is 5.71. The lowest BCUT2D eigenvalue weighted by molar-refractivity contribution is -0.110. The van der Waals surface area contributed by atoms with E-state index in [1.807, 2.05) is 0 Å². The molecule has 0 aromatic heterocycles. The lowest BCUT2D eigenvalue weighted by Crippen LogP contribution is -2.19. The zero-order valence-electron chi connectivity index (χ0n) is 4.82. The average Bonchev–Trinajstić information content (AvgIpc) is 1.82. The molecule has 0 radical (unpaired) electrons. The van der Waals surface area contributed by atoms with E-state index < -0.39 is 16.6 Å². The van der Waals surface area contributed by atoms with Crippen LogP contribution in [0.1, 0.15) is 0 Å². The van der Waals surface area contributed by atoms with Gasteiger partial charge >= 0.3 is 0 Å². The molecule has 0 saturated heterocycles. The van der Waals surface area contributed by atoms with Crippen molar-refractivity contribution < 1.29 is 13.2 Å². The van der Waals surface area contributed by atoms with E-state index in [9.17, 15) is 13.2 Å². The predicted molar refractivity (Wildman–Crippen MR) is 33.8 cm³/mol. The molecule has 0 fully saturated rings. The highest BCUT2D eigenvalue weighted by Crippen LogP contribution is 1.86. The van der Waals surface area contributed by atoms with Gasteiger partial charge in [-0.05, 0) is 0 Å². The van der Waals surface area contributed by atoms with Gasteiger partial charge in [-0.2, -0.15) is 0 Å². The van der Waals surface area contributed by atoms with E-state index in [-0.39, 0.29) is 12.3 Å². The molecular weight excluding hydrogens is 142 g/mol. The summed E-state index contributed by atoms with van der Waals surface area (Å²) in [7, 11) is -2.46. The van der Waals surface area contributed by atoms with E-state index in [0.29, 0.717) is 6.29 Å². The Morgan fingerprint density at radius 1 is 1.56 bits per heavy atom. The Labute approximate surface area is 55.0 Å². The van der Waals surface area contributed by atoms with Crippen molar-refractivity contribution in [1.82, 2.24) is 0 Å². The molecule has 0 saturated carbocycles.